The Balaban J connectivity index is 2.15. The number of hydrogen-bond acceptors (Lipinski definition) is 2. The van der Waals surface area contributed by atoms with Crippen LogP contribution in [-0.4, -0.2) is 5.91 Å². The Morgan fingerprint density at radius 3 is 2.62 bits per heavy atom. The summed E-state index contributed by atoms with van der Waals surface area (Å²) in [5, 5.41) is 2.41. The minimum atomic E-state index is -0.824. The summed E-state index contributed by atoms with van der Waals surface area (Å²) in [6, 6.07) is 1.76. The van der Waals surface area contributed by atoms with Gasteiger partial charge in [0.2, 0.25) is 5.91 Å². The summed E-state index contributed by atoms with van der Waals surface area (Å²) >= 11 is 0. The fourth-order valence-corrected chi connectivity index (χ4v) is 1.57. The molecule has 1 aliphatic carbocycles. The zero-order valence-electron chi connectivity index (χ0n) is 8.76. The molecule has 1 amide bonds. The van der Waals surface area contributed by atoms with Gasteiger partial charge in [-0.25, -0.2) is 8.78 Å². The highest BCUT2D eigenvalue weighted by atomic mass is 19.1. The predicted molar refractivity (Wildman–Crippen MR) is 56.7 cm³/mol. The van der Waals surface area contributed by atoms with Crippen LogP contribution in [0.1, 0.15) is 13.3 Å². The Morgan fingerprint density at radius 1 is 1.44 bits per heavy atom. The second kappa shape index (κ2) is 3.73. The average Bonchev–Trinajstić information content (AvgIpc) is 2.92. The predicted octanol–water partition coefficient (Wildman–Crippen LogP) is 2.14. The van der Waals surface area contributed by atoms with Crippen molar-refractivity contribution < 1.29 is 13.6 Å². The van der Waals surface area contributed by atoms with E-state index in [0.717, 1.165) is 12.5 Å². The van der Waals surface area contributed by atoms with Crippen molar-refractivity contribution in [3.05, 3.63) is 23.8 Å². The highest BCUT2D eigenvalue weighted by Gasteiger charge is 2.39. The van der Waals surface area contributed by atoms with Crippen molar-refractivity contribution in [3.8, 4) is 0 Å². The molecule has 5 heteroatoms. The van der Waals surface area contributed by atoms with Gasteiger partial charge in [0, 0.05) is 12.0 Å². The van der Waals surface area contributed by atoms with Crippen LogP contribution in [0.15, 0.2) is 12.1 Å². The summed E-state index contributed by atoms with van der Waals surface area (Å²) in [6.07, 6.45) is 0.810. The van der Waals surface area contributed by atoms with Gasteiger partial charge >= 0.3 is 0 Å². The molecule has 2 unspecified atom stereocenters. The Hall–Kier alpha value is -1.65. The topological polar surface area (TPSA) is 55.1 Å². The lowest BCUT2D eigenvalue weighted by Crippen LogP contribution is -2.15. The van der Waals surface area contributed by atoms with Gasteiger partial charge in [-0.2, -0.15) is 0 Å². The molecule has 1 aromatic rings. The van der Waals surface area contributed by atoms with E-state index in [4.69, 9.17) is 5.73 Å². The average molecular weight is 226 g/mol. The lowest BCUT2D eigenvalue weighted by Gasteiger charge is -2.07. The maximum Gasteiger partial charge on any atom is 0.227 e. The molecule has 16 heavy (non-hydrogen) atoms. The number of nitrogens with two attached hydrogens (primary N) is 1. The summed E-state index contributed by atoms with van der Waals surface area (Å²) in [4.78, 5) is 11.5. The van der Waals surface area contributed by atoms with Gasteiger partial charge in [-0.05, 0) is 18.4 Å². The fraction of sp³-hybridized carbons (Fsp3) is 0.364. The number of benzene rings is 1. The standard InChI is InChI=1S/C11H12F2N2O/c1-5-2-6(5)11(16)15-10-4-9(14)7(12)3-8(10)13/h3-6H,2,14H2,1H3,(H,15,16). The minimum absolute atomic E-state index is 0.0642. The molecule has 0 radical (unpaired) electrons. The van der Waals surface area contributed by atoms with Crippen LogP contribution < -0.4 is 11.1 Å². The summed E-state index contributed by atoms with van der Waals surface area (Å²) in [5.74, 6) is -1.60. The Morgan fingerprint density at radius 2 is 2.06 bits per heavy atom. The molecule has 2 rings (SSSR count). The molecule has 2 atom stereocenters. The minimum Gasteiger partial charge on any atom is -0.396 e. The maximum atomic E-state index is 13.3. The molecule has 1 saturated carbocycles. The third-order valence-corrected chi connectivity index (χ3v) is 2.79. The maximum absolute atomic E-state index is 13.3. The normalized spacial score (nSPS) is 22.9. The van der Waals surface area contributed by atoms with Crippen molar-refractivity contribution >= 4 is 17.3 Å². The van der Waals surface area contributed by atoms with E-state index in [1.165, 1.54) is 0 Å². The molecular weight excluding hydrogens is 214 g/mol. The van der Waals surface area contributed by atoms with Crippen molar-refractivity contribution in [2.24, 2.45) is 11.8 Å². The first-order valence-electron chi connectivity index (χ1n) is 5.04. The number of rotatable bonds is 2. The van der Waals surface area contributed by atoms with Crippen molar-refractivity contribution in [2.75, 3.05) is 11.1 Å². The van der Waals surface area contributed by atoms with Crippen molar-refractivity contribution in [3.63, 3.8) is 0 Å². The van der Waals surface area contributed by atoms with Gasteiger partial charge in [-0.15, -0.1) is 0 Å². The first kappa shape index (κ1) is 10.9. The third kappa shape index (κ3) is 1.98. The highest BCUT2D eigenvalue weighted by Crippen LogP contribution is 2.38. The molecule has 1 aliphatic rings. The molecule has 0 aromatic heterocycles. The zero-order valence-corrected chi connectivity index (χ0v) is 8.76. The Labute approximate surface area is 91.6 Å². The molecular formula is C11H12F2N2O. The van der Waals surface area contributed by atoms with E-state index in [2.05, 4.69) is 5.32 Å². The van der Waals surface area contributed by atoms with Gasteiger partial charge in [0.1, 0.15) is 11.6 Å². The monoisotopic (exact) mass is 226 g/mol. The number of anilines is 2. The van der Waals surface area contributed by atoms with E-state index in [1.807, 2.05) is 6.92 Å². The van der Waals surface area contributed by atoms with Crippen LogP contribution in [0.2, 0.25) is 0 Å². The van der Waals surface area contributed by atoms with Crippen LogP contribution in [0.25, 0.3) is 0 Å². The highest BCUT2D eigenvalue weighted by molar-refractivity contribution is 5.94. The molecule has 0 bridgehead atoms. The van der Waals surface area contributed by atoms with E-state index >= 15 is 0 Å². The second-order valence-electron chi connectivity index (χ2n) is 4.16. The van der Waals surface area contributed by atoms with Crippen molar-refractivity contribution in [2.45, 2.75) is 13.3 Å². The molecule has 3 nitrogen and oxygen atoms in total. The number of halogens is 2. The smallest absolute Gasteiger partial charge is 0.227 e. The van der Waals surface area contributed by atoms with Crippen LogP contribution in [0.5, 0.6) is 0 Å². The SMILES string of the molecule is CC1CC1C(=O)Nc1cc(N)c(F)cc1F. The van der Waals surface area contributed by atoms with Crippen LogP contribution >= 0.6 is 0 Å². The number of hydrogen-bond donors (Lipinski definition) is 2. The van der Waals surface area contributed by atoms with Crippen LogP contribution in [0.3, 0.4) is 0 Å². The molecule has 0 heterocycles. The number of nitrogens with one attached hydrogen (secondary N) is 1. The van der Waals surface area contributed by atoms with Gasteiger partial charge in [-0.1, -0.05) is 6.92 Å². The second-order valence-corrected chi connectivity index (χ2v) is 4.16. The molecule has 0 saturated heterocycles. The molecule has 0 spiro atoms. The van der Waals surface area contributed by atoms with E-state index in [9.17, 15) is 13.6 Å². The van der Waals surface area contributed by atoms with Crippen molar-refractivity contribution in [1.29, 1.82) is 0 Å². The van der Waals surface area contributed by atoms with Gasteiger partial charge in [0.15, 0.2) is 0 Å². The van der Waals surface area contributed by atoms with Crippen LogP contribution in [0, 0.1) is 23.5 Å². The van der Waals surface area contributed by atoms with E-state index < -0.39 is 11.6 Å². The molecule has 86 valence electrons. The van der Waals surface area contributed by atoms with E-state index in [0.29, 0.717) is 12.0 Å². The van der Waals surface area contributed by atoms with Gasteiger partial charge < -0.3 is 11.1 Å². The summed E-state index contributed by atoms with van der Waals surface area (Å²) in [7, 11) is 0. The summed E-state index contributed by atoms with van der Waals surface area (Å²) in [6.45, 7) is 1.94. The third-order valence-electron chi connectivity index (χ3n) is 2.79. The lowest BCUT2D eigenvalue weighted by atomic mass is 10.2. The molecule has 3 N–H and O–H groups in total. The zero-order chi connectivity index (χ0) is 11.9. The Bertz CT molecular complexity index is 448. The van der Waals surface area contributed by atoms with Gasteiger partial charge in [0.05, 0.1) is 11.4 Å². The summed E-state index contributed by atoms with van der Waals surface area (Å²) in [5.41, 5.74) is 5.04. The van der Waals surface area contributed by atoms with Gasteiger partial charge in [-0.3, -0.25) is 4.79 Å². The number of nitrogen functional groups attached to an aromatic ring is 1. The number of amides is 1. The van der Waals surface area contributed by atoms with E-state index in [-0.39, 0.29) is 23.2 Å². The largest absolute Gasteiger partial charge is 0.396 e. The first-order chi connectivity index (χ1) is 7.49. The molecule has 1 fully saturated rings. The number of carbonyl (C=O) groups is 1. The first-order valence-corrected chi connectivity index (χ1v) is 5.04. The quantitative estimate of drug-likeness (QED) is 0.759. The molecule has 0 aliphatic heterocycles. The van der Waals surface area contributed by atoms with Gasteiger partial charge in [0.25, 0.3) is 0 Å². The number of carbonyl (C=O) groups excluding carboxylic acids is 1. The molecule has 1 aromatic carbocycles. The Kier molecular flexibility index (Phi) is 2.53. The lowest BCUT2D eigenvalue weighted by molar-refractivity contribution is -0.117. The van der Waals surface area contributed by atoms with Crippen molar-refractivity contribution in [1.82, 2.24) is 0 Å². The van der Waals surface area contributed by atoms with E-state index in [1.54, 1.807) is 0 Å². The fourth-order valence-electron chi connectivity index (χ4n) is 1.57. The van der Waals surface area contributed by atoms with Crippen LogP contribution in [-0.2, 0) is 4.79 Å². The van der Waals surface area contributed by atoms with Crippen LogP contribution in [0.4, 0.5) is 20.2 Å². The summed E-state index contributed by atoms with van der Waals surface area (Å²) < 4.78 is 26.1.